The van der Waals surface area contributed by atoms with Gasteiger partial charge in [0.1, 0.15) is 5.75 Å². The Hall–Kier alpha value is -3.06. The van der Waals surface area contributed by atoms with E-state index in [0.29, 0.717) is 44.8 Å². The quantitative estimate of drug-likeness (QED) is 0.752. The maximum atomic E-state index is 13.1. The highest BCUT2D eigenvalue weighted by Gasteiger charge is 2.24. The summed E-state index contributed by atoms with van der Waals surface area (Å²) in [6, 6.07) is 15.1. The minimum Gasteiger partial charge on any atom is -0.497 e. The van der Waals surface area contributed by atoms with Crippen LogP contribution >= 0.6 is 0 Å². The fourth-order valence-corrected chi connectivity index (χ4v) is 3.34. The molecule has 0 unspecified atom stereocenters. The van der Waals surface area contributed by atoms with Crippen molar-refractivity contribution in [3.63, 3.8) is 0 Å². The minimum atomic E-state index is -0.000675. The number of piperazine rings is 1. The molecule has 0 radical (unpaired) electrons. The number of nitrogens with one attached hydrogen (secondary N) is 2. The number of rotatable bonds is 7. The van der Waals surface area contributed by atoms with Gasteiger partial charge in [-0.25, -0.2) is 0 Å². The fourth-order valence-electron chi connectivity index (χ4n) is 3.34. The SMILES string of the molecule is CCNC(=O)CN1CCN(C(=O)c2ccccc2Nc2ccc(OC)cc2)CC1. The lowest BCUT2D eigenvalue weighted by molar-refractivity contribution is -0.122. The van der Waals surface area contributed by atoms with Gasteiger partial charge in [0, 0.05) is 38.4 Å². The van der Waals surface area contributed by atoms with Crippen molar-refractivity contribution in [1.82, 2.24) is 15.1 Å². The molecule has 0 spiro atoms. The number of hydrogen-bond acceptors (Lipinski definition) is 5. The Morgan fingerprint density at radius 1 is 1.00 bits per heavy atom. The maximum Gasteiger partial charge on any atom is 0.256 e. The Labute approximate surface area is 171 Å². The number of carbonyl (C=O) groups is 2. The number of methoxy groups -OCH3 is 1. The number of hydrogen-bond donors (Lipinski definition) is 2. The van der Waals surface area contributed by atoms with Crippen molar-refractivity contribution >= 4 is 23.2 Å². The first-order valence-electron chi connectivity index (χ1n) is 9.89. The van der Waals surface area contributed by atoms with E-state index in [-0.39, 0.29) is 11.8 Å². The molecule has 0 atom stereocenters. The zero-order valence-corrected chi connectivity index (χ0v) is 17.0. The fraction of sp³-hybridized carbons (Fsp3) is 0.364. The van der Waals surface area contributed by atoms with E-state index < -0.39 is 0 Å². The van der Waals surface area contributed by atoms with Gasteiger partial charge in [0.15, 0.2) is 0 Å². The molecule has 1 fully saturated rings. The van der Waals surface area contributed by atoms with E-state index in [0.717, 1.165) is 17.1 Å². The van der Waals surface area contributed by atoms with Crippen molar-refractivity contribution in [3.05, 3.63) is 54.1 Å². The lowest BCUT2D eigenvalue weighted by atomic mass is 10.1. The average Bonchev–Trinajstić information content (AvgIpc) is 2.75. The Kier molecular flexibility index (Phi) is 7.08. The summed E-state index contributed by atoms with van der Waals surface area (Å²) in [5.41, 5.74) is 2.30. The highest BCUT2D eigenvalue weighted by molar-refractivity contribution is 6.00. The molecule has 29 heavy (non-hydrogen) atoms. The van der Waals surface area contributed by atoms with Crippen LogP contribution in [0.15, 0.2) is 48.5 Å². The summed E-state index contributed by atoms with van der Waals surface area (Å²) in [5, 5.41) is 6.14. The van der Waals surface area contributed by atoms with Crippen LogP contribution < -0.4 is 15.4 Å². The van der Waals surface area contributed by atoms with Crippen LogP contribution in [0.25, 0.3) is 0 Å². The molecular weight excluding hydrogens is 368 g/mol. The van der Waals surface area contributed by atoms with E-state index in [9.17, 15) is 9.59 Å². The molecule has 1 heterocycles. The first-order valence-corrected chi connectivity index (χ1v) is 9.89. The highest BCUT2D eigenvalue weighted by atomic mass is 16.5. The molecule has 154 valence electrons. The predicted octanol–water partition coefficient (Wildman–Crippen LogP) is 2.33. The highest BCUT2D eigenvalue weighted by Crippen LogP contribution is 2.24. The molecule has 7 nitrogen and oxygen atoms in total. The third-order valence-electron chi connectivity index (χ3n) is 4.93. The largest absolute Gasteiger partial charge is 0.497 e. The second-order valence-corrected chi connectivity index (χ2v) is 6.92. The number of amides is 2. The zero-order valence-electron chi connectivity index (χ0n) is 17.0. The van der Waals surface area contributed by atoms with Gasteiger partial charge in [-0.05, 0) is 43.3 Å². The first kappa shape index (κ1) is 20.7. The molecule has 7 heteroatoms. The Bertz CT molecular complexity index is 830. The molecule has 3 rings (SSSR count). The lowest BCUT2D eigenvalue weighted by Gasteiger charge is -2.34. The van der Waals surface area contributed by atoms with Crippen LogP contribution in [0.5, 0.6) is 5.75 Å². The summed E-state index contributed by atoms with van der Waals surface area (Å²) < 4.78 is 5.19. The van der Waals surface area contributed by atoms with Crippen molar-refractivity contribution in [2.24, 2.45) is 0 Å². The van der Waals surface area contributed by atoms with Crippen molar-refractivity contribution in [2.75, 3.05) is 51.7 Å². The number of anilines is 2. The van der Waals surface area contributed by atoms with Crippen LogP contribution in [0.3, 0.4) is 0 Å². The normalized spacial score (nSPS) is 14.3. The molecule has 0 aromatic heterocycles. The Balaban J connectivity index is 1.63. The van der Waals surface area contributed by atoms with E-state index in [1.807, 2.05) is 60.4 Å². The molecule has 2 aromatic rings. The molecule has 1 aliphatic heterocycles. The van der Waals surface area contributed by atoms with Gasteiger partial charge in [0.05, 0.1) is 24.9 Å². The van der Waals surface area contributed by atoms with E-state index in [2.05, 4.69) is 15.5 Å². The van der Waals surface area contributed by atoms with Gasteiger partial charge in [-0.3, -0.25) is 14.5 Å². The van der Waals surface area contributed by atoms with E-state index in [1.54, 1.807) is 7.11 Å². The molecule has 0 bridgehead atoms. The van der Waals surface area contributed by atoms with Gasteiger partial charge in [-0.15, -0.1) is 0 Å². The summed E-state index contributed by atoms with van der Waals surface area (Å²) in [5.74, 6) is 0.811. The molecule has 1 saturated heterocycles. The summed E-state index contributed by atoms with van der Waals surface area (Å²) >= 11 is 0. The van der Waals surface area contributed by atoms with Gasteiger partial charge in [0.25, 0.3) is 5.91 Å². The molecular formula is C22H28N4O3. The predicted molar refractivity (Wildman–Crippen MR) is 114 cm³/mol. The molecule has 2 amide bonds. The second-order valence-electron chi connectivity index (χ2n) is 6.92. The van der Waals surface area contributed by atoms with Crippen LogP contribution in [0.1, 0.15) is 17.3 Å². The van der Waals surface area contributed by atoms with Gasteiger partial charge in [0.2, 0.25) is 5.91 Å². The minimum absolute atomic E-state index is 0.000675. The smallest absolute Gasteiger partial charge is 0.256 e. The van der Waals surface area contributed by atoms with Crippen molar-refractivity contribution in [1.29, 1.82) is 0 Å². The van der Waals surface area contributed by atoms with Gasteiger partial charge in [-0.1, -0.05) is 12.1 Å². The number of para-hydroxylation sites is 1. The monoisotopic (exact) mass is 396 g/mol. The standard InChI is InChI=1S/C22H28N4O3/c1-3-23-21(27)16-25-12-14-26(15-13-25)22(28)19-6-4-5-7-20(19)24-17-8-10-18(29-2)11-9-17/h4-11,24H,3,12-16H2,1-2H3,(H,23,27). The average molecular weight is 396 g/mol. The van der Waals surface area contributed by atoms with Gasteiger partial charge < -0.3 is 20.3 Å². The maximum absolute atomic E-state index is 13.1. The van der Waals surface area contributed by atoms with Crippen LogP contribution in [0.2, 0.25) is 0 Å². The van der Waals surface area contributed by atoms with E-state index >= 15 is 0 Å². The summed E-state index contributed by atoms with van der Waals surface area (Å²) in [6.07, 6.45) is 0. The number of likely N-dealkylation sites (N-methyl/N-ethyl adjacent to an activating group) is 1. The summed E-state index contributed by atoms with van der Waals surface area (Å²) in [6.45, 7) is 5.52. The number of nitrogens with zero attached hydrogens (tertiary/aromatic N) is 2. The molecule has 1 aliphatic rings. The molecule has 2 N–H and O–H groups in total. The Morgan fingerprint density at radius 3 is 2.34 bits per heavy atom. The van der Waals surface area contributed by atoms with Crippen molar-refractivity contribution < 1.29 is 14.3 Å². The van der Waals surface area contributed by atoms with Crippen LogP contribution in [0.4, 0.5) is 11.4 Å². The molecule has 0 saturated carbocycles. The third-order valence-corrected chi connectivity index (χ3v) is 4.93. The zero-order chi connectivity index (χ0) is 20.6. The molecule has 2 aromatic carbocycles. The van der Waals surface area contributed by atoms with Crippen LogP contribution in [-0.4, -0.2) is 68.0 Å². The van der Waals surface area contributed by atoms with Crippen LogP contribution in [-0.2, 0) is 4.79 Å². The van der Waals surface area contributed by atoms with Crippen molar-refractivity contribution in [2.45, 2.75) is 6.92 Å². The number of benzene rings is 2. The first-order chi connectivity index (χ1) is 14.1. The van der Waals surface area contributed by atoms with Crippen LogP contribution in [0, 0.1) is 0 Å². The van der Waals surface area contributed by atoms with E-state index in [4.69, 9.17) is 4.74 Å². The summed E-state index contributed by atoms with van der Waals surface area (Å²) in [4.78, 5) is 28.8. The third kappa shape index (κ3) is 5.48. The Morgan fingerprint density at radius 2 is 1.69 bits per heavy atom. The summed E-state index contributed by atoms with van der Waals surface area (Å²) in [7, 11) is 1.63. The van der Waals surface area contributed by atoms with E-state index in [1.165, 1.54) is 0 Å². The van der Waals surface area contributed by atoms with Crippen molar-refractivity contribution in [3.8, 4) is 5.75 Å². The van der Waals surface area contributed by atoms with Gasteiger partial charge in [-0.2, -0.15) is 0 Å². The topological polar surface area (TPSA) is 73.9 Å². The lowest BCUT2D eigenvalue weighted by Crippen LogP contribution is -2.51. The van der Waals surface area contributed by atoms with Gasteiger partial charge >= 0.3 is 0 Å². The molecule has 0 aliphatic carbocycles. The number of carbonyl (C=O) groups excluding carboxylic acids is 2. The second kappa shape index (κ2) is 9.93. The number of ether oxygens (including phenoxy) is 1.